The zero-order chi connectivity index (χ0) is 17.7. The zero-order valence-electron chi connectivity index (χ0n) is 13.4. The highest BCUT2D eigenvalue weighted by Gasteiger charge is 2.31. The Hall–Kier alpha value is -3.13. The van der Waals surface area contributed by atoms with Crippen molar-refractivity contribution in [3.8, 4) is 11.8 Å². The summed E-state index contributed by atoms with van der Waals surface area (Å²) >= 11 is 0. The van der Waals surface area contributed by atoms with E-state index in [4.69, 9.17) is 10.00 Å². The molecule has 0 aromatic heterocycles. The standard InChI is InChI=1S/C19H17NO4/c1-3-24-19(23)17(14-5-7-15(21)8-6-14)18(22)16-9-4-13(11-20)10-12(16)2/h4-10,17,21H,3H2,1-2H3. The number of aromatic hydroxyl groups is 1. The summed E-state index contributed by atoms with van der Waals surface area (Å²) in [5, 5.41) is 18.3. The number of Topliss-reactive ketones (excluding diaryl/α,β-unsaturated/α-hetero) is 1. The van der Waals surface area contributed by atoms with E-state index in [9.17, 15) is 14.7 Å². The van der Waals surface area contributed by atoms with Gasteiger partial charge >= 0.3 is 5.97 Å². The summed E-state index contributed by atoms with van der Waals surface area (Å²) < 4.78 is 5.04. The van der Waals surface area contributed by atoms with Crippen LogP contribution in [0.5, 0.6) is 5.75 Å². The second-order valence-electron chi connectivity index (χ2n) is 5.28. The number of ether oxygens (including phenoxy) is 1. The summed E-state index contributed by atoms with van der Waals surface area (Å²) in [4.78, 5) is 25.2. The smallest absolute Gasteiger partial charge is 0.321 e. The third-order valence-electron chi connectivity index (χ3n) is 3.63. The lowest BCUT2D eigenvalue weighted by molar-refractivity contribution is -0.143. The van der Waals surface area contributed by atoms with Gasteiger partial charge in [-0.1, -0.05) is 12.1 Å². The van der Waals surface area contributed by atoms with Crippen LogP contribution in [0.25, 0.3) is 0 Å². The molecule has 1 unspecified atom stereocenters. The maximum Gasteiger partial charge on any atom is 0.321 e. The number of phenolic OH excluding ortho intramolecular Hbond substituents is 1. The number of rotatable bonds is 5. The predicted molar refractivity (Wildman–Crippen MR) is 87.7 cm³/mol. The van der Waals surface area contributed by atoms with Crippen molar-refractivity contribution in [2.24, 2.45) is 0 Å². The SMILES string of the molecule is CCOC(=O)C(C(=O)c1ccc(C#N)cc1C)c1ccc(O)cc1. The maximum atomic E-state index is 12.9. The second-order valence-corrected chi connectivity index (χ2v) is 5.28. The van der Waals surface area contributed by atoms with Gasteiger partial charge in [0.2, 0.25) is 0 Å². The first-order chi connectivity index (χ1) is 11.5. The van der Waals surface area contributed by atoms with E-state index in [1.807, 2.05) is 6.07 Å². The van der Waals surface area contributed by atoms with Gasteiger partial charge in [-0.15, -0.1) is 0 Å². The molecule has 0 saturated carbocycles. The van der Waals surface area contributed by atoms with Crippen molar-refractivity contribution in [1.82, 2.24) is 0 Å². The topological polar surface area (TPSA) is 87.4 Å². The van der Waals surface area contributed by atoms with Gasteiger partial charge in [0.15, 0.2) is 5.78 Å². The summed E-state index contributed by atoms with van der Waals surface area (Å²) in [6, 6.07) is 12.6. The Morgan fingerprint density at radius 3 is 2.42 bits per heavy atom. The van der Waals surface area contributed by atoms with E-state index in [1.165, 1.54) is 24.3 Å². The lowest BCUT2D eigenvalue weighted by Gasteiger charge is -2.16. The van der Waals surface area contributed by atoms with Gasteiger partial charge in [0, 0.05) is 5.56 Å². The summed E-state index contributed by atoms with van der Waals surface area (Å²) in [7, 11) is 0. The molecule has 5 heteroatoms. The van der Waals surface area contributed by atoms with Crippen LogP contribution in [0.15, 0.2) is 42.5 Å². The Morgan fingerprint density at radius 2 is 1.88 bits per heavy atom. The van der Waals surface area contributed by atoms with Crippen molar-refractivity contribution in [3.63, 3.8) is 0 Å². The number of ketones is 1. The number of hydrogen-bond donors (Lipinski definition) is 1. The molecule has 0 aliphatic rings. The number of hydrogen-bond acceptors (Lipinski definition) is 5. The van der Waals surface area contributed by atoms with Gasteiger partial charge in [-0.05, 0) is 55.3 Å². The normalized spacial score (nSPS) is 11.4. The summed E-state index contributed by atoms with van der Waals surface area (Å²) in [6.07, 6.45) is 0. The molecule has 0 aliphatic heterocycles. The molecule has 1 N–H and O–H groups in total. The average Bonchev–Trinajstić information content (AvgIpc) is 2.56. The first-order valence-corrected chi connectivity index (χ1v) is 7.48. The molecule has 0 radical (unpaired) electrons. The fourth-order valence-corrected chi connectivity index (χ4v) is 2.45. The molecule has 0 bridgehead atoms. The molecule has 5 nitrogen and oxygen atoms in total. The number of carbonyl (C=O) groups is 2. The summed E-state index contributed by atoms with van der Waals surface area (Å²) in [5.74, 6) is -2.11. The number of aryl methyl sites for hydroxylation is 1. The first-order valence-electron chi connectivity index (χ1n) is 7.48. The van der Waals surface area contributed by atoms with E-state index >= 15 is 0 Å². The maximum absolute atomic E-state index is 12.9. The molecule has 0 amide bonds. The largest absolute Gasteiger partial charge is 0.508 e. The van der Waals surface area contributed by atoms with Crippen LogP contribution in [-0.2, 0) is 9.53 Å². The van der Waals surface area contributed by atoms with E-state index in [-0.39, 0.29) is 12.4 Å². The zero-order valence-corrected chi connectivity index (χ0v) is 13.4. The molecule has 24 heavy (non-hydrogen) atoms. The molecule has 2 rings (SSSR count). The van der Waals surface area contributed by atoms with E-state index in [0.717, 1.165) is 0 Å². The monoisotopic (exact) mass is 323 g/mol. The highest BCUT2D eigenvalue weighted by molar-refractivity contribution is 6.13. The quantitative estimate of drug-likeness (QED) is 0.519. The number of nitriles is 1. The molecule has 2 aromatic rings. The Bertz CT molecular complexity index is 803. The Balaban J connectivity index is 2.47. The van der Waals surface area contributed by atoms with Gasteiger partial charge in [0.25, 0.3) is 0 Å². The molecule has 2 aromatic carbocycles. The first kappa shape index (κ1) is 17.2. The van der Waals surface area contributed by atoms with Gasteiger partial charge in [-0.25, -0.2) is 0 Å². The Morgan fingerprint density at radius 1 is 1.21 bits per heavy atom. The van der Waals surface area contributed by atoms with Gasteiger partial charge in [-0.3, -0.25) is 9.59 Å². The van der Waals surface area contributed by atoms with Crippen molar-refractivity contribution < 1.29 is 19.4 Å². The third-order valence-corrected chi connectivity index (χ3v) is 3.63. The third kappa shape index (κ3) is 3.61. The lowest BCUT2D eigenvalue weighted by Crippen LogP contribution is -2.25. The number of phenols is 1. The predicted octanol–water partition coefficient (Wildman–Crippen LogP) is 3.10. The van der Waals surface area contributed by atoms with E-state index in [1.54, 1.807) is 32.0 Å². The highest BCUT2D eigenvalue weighted by Crippen LogP contribution is 2.26. The minimum Gasteiger partial charge on any atom is -0.508 e. The number of nitrogens with zero attached hydrogens (tertiary/aromatic N) is 1. The number of carbonyl (C=O) groups excluding carboxylic acids is 2. The fraction of sp³-hybridized carbons (Fsp3) is 0.211. The summed E-state index contributed by atoms with van der Waals surface area (Å²) in [5.41, 5.74) is 1.87. The molecule has 0 spiro atoms. The molecule has 0 saturated heterocycles. The Kier molecular flexibility index (Phi) is 5.33. The Labute approximate surface area is 140 Å². The molecule has 0 fully saturated rings. The van der Waals surface area contributed by atoms with E-state index in [0.29, 0.717) is 22.3 Å². The fourth-order valence-electron chi connectivity index (χ4n) is 2.45. The van der Waals surface area contributed by atoms with Gasteiger partial charge in [0.05, 0.1) is 18.2 Å². The highest BCUT2D eigenvalue weighted by atomic mass is 16.5. The van der Waals surface area contributed by atoms with Crippen LogP contribution in [0.1, 0.15) is 39.9 Å². The second kappa shape index (κ2) is 7.42. The molecule has 0 aliphatic carbocycles. The molecular formula is C19H17NO4. The van der Waals surface area contributed by atoms with Crippen molar-refractivity contribution in [3.05, 3.63) is 64.7 Å². The van der Waals surface area contributed by atoms with Crippen molar-refractivity contribution in [2.45, 2.75) is 19.8 Å². The van der Waals surface area contributed by atoms with E-state index in [2.05, 4.69) is 0 Å². The van der Waals surface area contributed by atoms with Crippen LogP contribution in [0.3, 0.4) is 0 Å². The number of esters is 1. The van der Waals surface area contributed by atoms with Gasteiger partial charge in [-0.2, -0.15) is 5.26 Å². The lowest BCUT2D eigenvalue weighted by atomic mass is 9.88. The molecular weight excluding hydrogens is 306 g/mol. The van der Waals surface area contributed by atoms with Crippen molar-refractivity contribution in [1.29, 1.82) is 5.26 Å². The van der Waals surface area contributed by atoms with Crippen LogP contribution < -0.4 is 0 Å². The van der Waals surface area contributed by atoms with Crippen LogP contribution >= 0.6 is 0 Å². The van der Waals surface area contributed by atoms with Crippen molar-refractivity contribution >= 4 is 11.8 Å². The van der Waals surface area contributed by atoms with Gasteiger partial charge < -0.3 is 9.84 Å². The number of benzene rings is 2. The van der Waals surface area contributed by atoms with Crippen LogP contribution in [0, 0.1) is 18.3 Å². The average molecular weight is 323 g/mol. The molecule has 1 atom stereocenters. The van der Waals surface area contributed by atoms with Crippen LogP contribution in [0.4, 0.5) is 0 Å². The molecule has 0 heterocycles. The minimum atomic E-state index is -1.11. The summed E-state index contributed by atoms with van der Waals surface area (Å²) in [6.45, 7) is 3.55. The molecule has 122 valence electrons. The van der Waals surface area contributed by atoms with E-state index < -0.39 is 17.7 Å². The van der Waals surface area contributed by atoms with Gasteiger partial charge in [0.1, 0.15) is 11.7 Å². The van der Waals surface area contributed by atoms with Crippen LogP contribution in [0.2, 0.25) is 0 Å². The van der Waals surface area contributed by atoms with Crippen LogP contribution in [-0.4, -0.2) is 23.5 Å². The van der Waals surface area contributed by atoms with Crippen molar-refractivity contribution in [2.75, 3.05) is 6.61 Å². The minimum absolute atomic E-state index is 0.0448.